The van der Waals surface area contributed by atoms with Gasteiger partial charge in [-0.25, -0.2) is 0 Å². The molecule has 0 unspecified atom stereocenters. The van der Waals surface area contributed by atoms with Gasteiger partial charge < -0.3 is 10.5 Å². The summed E-state index contributed by atoms with van der Waals surface area (Å²) in [7, 11) is 0. The quantitative estimate of drug-likeness (QED) is 0.701. The van der Waals surface area contributed by atoms with Crippen molar-refractivity contribution in [1.29, 1.82) is 0 Å². The van der Waals surface area contributed by atoms with Crippen molar-refractivity contribution < 1.29 is 4.74 Å². The summed E-state index contributed by atoms with van der Waals surface area (Å²) < 4.78 is 5.58. The maximum Gasteiger partial charge on any atom is 0.0575 e. The van der Waals surface area contributed by atoms with Crippen LogP contribution in [0.1, 0.15) is 39.0 Å². The number of ether oxygens (including phenoxy) is 1. The highest BCUT2D eigenvalue weighted by molar-refractivity contribution is 4.72. The second kappa shape index (κ2) is 5.55. The number of rotatable bonds is 4. The van der Waals surface area contributed by atoms with E-state index in [0.717, 1.165) is 19.1 Å². The molecule has 0 saturated heterocycles. The van der Waals surface area contributed by atoms with E-state index < -0.39 is 0 Å². The van der Waals surface area contributed by atoms with E-state index in [9.17, 15) is 0 Å². The predicted octanol–water partition coefficient (Wildman–Crippen LogP) is 1.93. The zero-order valence-electron chi connectivity index (χ0n) is 8.09. The summed E-state index contributed by atoms with van der Waals surface area (Å²) in [5.74, 6) is 0.881. The SMILES string of the molecule is CCOC1CCC(CCN)CC1. The van der Waals surface area contributed by atoms with Crippen molar-refractivity contribution in [2.75, 3.05) is 13.2 Å². The van der Waals surface area contributed by atoms with Crippen molar-refractivity contribution in [3.05, 3.63) is 0 Å². The Kier molecular flexibility index (Phi) is 4.62. The molecule has 0 aliphatic heterocycles. The van der Waals surface area contributed by atoms with Crippen molar-refractivity contribution in [3.8, 4) is 0 Å². The van der Waals surface area contributed by atoms with Gasteiger partial charge >= 0.3 is 0 Å². The van der Waals surface area contributed by atoms with E-state index in [1.807, 2.05) is 0 Å². The maximum atomic E-state index is 5.58. The van der Waals surface area contributed by atoms with E-state index in [2.05, 4.69) is 6.92 Å². The molecule has 1 aliphatic rings. The van der Waals surface area contributed by atoms with Gasteiger partial charge in [0, 0.05) is 6.61 Å². The van der Waals surface area contributed by atoms with Crippen LogP contribution in [-0.4, -0.2) is 19.3 Å². The van der Waals surface area contributed by atoms with Crippen LogP contribution in [0.4, 0.5) is 0 Å². The lowest BCUT2D eigenvalue weighted by molar-refractivity contribution is 0.0251. The van der Waals surface area contributed by atoms with Crippen LogP contribution in [-0.2, 0) is 4.74 Å². The molecule has 0 amide bonds. The van der Waals surface area contributed by atoms with Crippen molar-refractivity contribution in [3.63, 3.8) is 0 Å². The molecule has 2 heteroatoms. The van der Waals surface area contributed by atoms with Gasteiger partial charge in [0.2, 0.25) is 0 Å². The number of hydrogen-bond acceptors (Lipinski definition) is 2. The lowest BCUT2D eigenvalue weighted by Gasteiger charge is -2.27. The summed E-state index contributed by atoms with van der Waals surface area (Å²) >= 11 is 0. The molecule has 12 heavy (non-hydrogen) atoms. The first-order valence-electron chi connectivity index (χ1n) is 5.18. The molecule has 1 aliphatic carbocycles. The Hall–Kier alpha value is -0.0800. The number of hydrogen-bond donors (Lipinski definition) is 1. The molecule has 0 radical (unpaired) electrons. The molecule has 72 valence electrons. The van der Waals surface area contributed by atoms with E-state index >= 15 is 0 Å². The van der Waals surface area contributed by atoms with Gasteiger partial charge in [0.25, 0.3) is 0 Å². The molecule has 0 aromatic carbocycles. The molecule has 2 nitrogen and oxygen atoms in total. The van der Waals surface area contributed by atoms with Crippen LogP contribution in [0, 0.1) is 5.92 Å². The molecule has 0 atom stereocenters. The van der Waals surface area contributed by atoms with Crippen molar-refractivity contribution in [2.24, 2.45) is 11.7 Å². The molecular formula is C10H21NO. The van der Waals surface area contributed by atoms with Crippen LogP contribution in [0.25, 0.3) is 0 Å². The minimum atomic E-state index is 0.545. The number of nitrogens with two attached hydrogens (primary N) is 1. The summed E-state index contributed by atoms with van der Waals surface area (Å²) in [6.07, 6.45) is 6.89. The fourth-order valence-corrected chi connectivity index (χ4v) is 2.06. The third-order valence-electron chi connectivity index (χ3n) is 2.77. The lowest BCUT2D eigenvalue weighted by atomic mass is 9.85. The Balaban J connectivity index is 2.11. The second-order valence-electron chi connectivity index (χ2n) is 3.68. The summed E-state index contributed by atoms with van der Waals surface area (Å²) in [5, 5.41) is 0. The Morgan fingerprint density at radius 1 is 1.25 bits per heavy atom. The van der Waals surface area contributed by atoms with E-state index in [1.165, 1.54) is 32.1 Å². The molecule has 0 aromatic heterocycles. The Labute approximate surface area is 75.5 Å². The monoisotopic (exact) mass is 171 g/mol. The zero-order valence-corrected chi connectivity index (χ0v) is 8.09. The highest BCUT2D eigenvalue weighted by Gasteiger charge is 2.20. The first-order chi connectivity index (χ1) is 5.86. The Morgan fingerprint density at radius 2 is 1.92 bits per heavy atom. The second-order valence-corrected chi connectivity index (χ2v) is 3.68. The molecule has 0 bridgehead atoms. The van der Waals surface area contributed by atoms with E-state index in [-0.39, 0.29) is 0 Å². The fourth-order valence-electron chi connectivity index (χ4n) is 2.06. The summed E-state index contributed by atoms with van der Waals surface area (Å²) in [5.41, 5.74) is 5.52. The van der Waals surface area contributed by atoms with E-state index in [0.29, 0.717) is 6.10 Å². The van der Waals surface area contributed by atoms with Crippen LogP contribution in [0.3, 0.4) is 0 Å². The molecule has 1 fully saturated rings. The first kappa shape index (κ1) is 10.0. The summed E-state index contributed by atoms with van der Waals surface area (Å²) in [4.78, 5) is 0. The highest BCUT2D eigenvalue weighted by atomic mass is 16.5. The molecule has 0 heterocycles. The van der Waals surface area contributed by atoms with Crippen LogP contribution >= 0.6 is 0 Å². The highest BCUT2D eigenvalue weighted by Crippen LogP contribution is 2.27. The Bertz CT molecular complexity index is 94.4. The van der Waals surface area contributed by atoms with Gasteiger partial charge in [-0.3, -0.25) is 0 Å². The smallest absolute Gasteiger partial charge is 0.0575 e. The van der Waals surface area contributed by atoms with Crippen LogP contribution in [0.15, 0.2) is 0 Å². The third-order valence-corrected chi connectivity index (χ3v) is 2.77. The molecule has 1 rings (SSSR count). The van der Waals surface area contributed by atoms with E-state index in [4.69, 9.17) is 10.5 Å². The van der Waals surface area contributed by atoms with Gasteiger partial charge in [-0.05, 0) is 51.5 Å². The van der Waals surface area contributed by atoms with Gasteiger partial charge in [-0.2, -0.15) is 0 Å². The largest absolute Gasteiger partial charge is 0.379 e. The maximum absolute atomic E-state index is 5.58. The van der Waals surface area contributed by atoms with Gasteiger partial charge in [-0.15, -0.1) is 0 Å². The van der Waals surface area contributed by atoms with Crippen LogP contribution in [0.2, 0.25) is 0 Å². The minimum Gasteiger partial charge on any atom is -0.379 e. The molecule has 0 aromatic rings. The van der Waals surface area contributed by atoms with Gasteiger partial charge in [-0.1, -0.05) is 0 Å². The normalized spacial score (nSPS) is 30.5. The zero-order chi connectivity index (χ0) is 8.81. The van der Waals surface area contributed by atoms with Crippen molar-refractivity contribution in [1.82, 2.24) is 0 Å². The van der Waals surface area contributed by atoms with Crippen molar-refractivity contribution in [2.45, 2.75) is 45.1 Å². The summed E-state index contributed by atoms with van der Waals surface area (Å²) in [6, 6.07) is 0. The standard InChI is InChI=1S/C10H21NO/c1-2-12-10-5-3-9(4-6-10)7-8-11/h9-10H,2-8,11H2,1H3. The van der Waals surface area contributed by atoms with Crippen LogP contribution in [0.5, 0.6) is 0 Å². The van der Waals surface area contributed by atoms with Crippen molar-refractivity contribution >= 4 is 0 Å². The summed E-state index contributed by atoms with van der Waals surface area (Å²) in [6.45, 7) is 3.79. The minimum absolute atomic E-state index is 0.545. The molecular weight excluding hydrogens is 150 g/mol. The first-order valence-corrected chi connectivity index (χ1v) is 5.18. The Morgan fingerprint density at radius 3 is 2.42 bits per heavy atom. The average molecular weight is 171 g/mol. The molecule has 1 saturated carbocycles. The van der Waals surface area contributed by atoms with Gasteiger partial charge in [0.15, 0.2) is 0 Å². The average Bonchev–Trinajstić information content (AvgIpc) is 2.09. The topological polar surface area (TPSA) is 35.2 Å². The predicted molar refractivity (Wildman–Crippen MR) is 51.0 cm³/mol. The van der Waals surface area contributed by atoms with Crippen LogP contribution < -0.4 is 5.73 Å². The molecule has 0 spiro atoms. The van der Waals surface area contributed by atoms with Gasteiger partial charge in [0.1, 0.15) is 0 Å². The van der Waals surface area contributed by atoms with Gasteiger partial charge in [0.05, 0.1) is 6.10 Å². The fraction of sp³-hybridized carbons (Fsp3) is 1.00. The van der Waals surface area contributed by atoms with E-state index in [1.54, 1.807) is 0 Å². The third kappa shape index (κ3) is 3.11. The molecule has 2 N–H and O–H groups in total. The lowest BCUT2D eigenvalue weighted by Crippen LogP contribution is -2.23.